The highest BCUT2D eigenvalue weighted by Crippen LogP contribution is 2.26. The van der Waals surface area contributed by atoms with Gasteiger partial charge in [-0.2, -0.15) is 0 Å². The average molecular weight is 453 g/mol. The number of aryl methyl sites for hydroxylation is 3. The zero-order valence-electron chi connectivity index (χ0n) is 18.9. The molecule has 7 heteroatoms. The lowest BCUT2D eigenvalue weighted by molar-refractivity contribution is 0.0939. The first kappa shape index (κ1) is 23.3. The molecule has 0 aliphatic heterocycles. The van der Waals surface area contributed by atoms with Crippen molar-refractivity contribution in [1.82, 2.24) is 5.32 Å². The van der Waals surface area contributed by atoms with E-state index in [2.05, 4.69) is 10.0 Å². The Labute approximate surface area is 189 Å². The first-order valence-electron chi connectivity index (χ1n) is 10.3. The topological polar surface area (TPSA) is 84.5 Å². The van der Waals surface area contributed by atoms with E-state index in [1.165, 1.54) is 6.07 Å². The summed E-state index contributed by atoms with van der Waals surface area (Å²) in [4.78, 5) is 13.0. The summed E-state index contributed by atoms with van der Waals surface area (Å²) in [6.07, 6.45) is 0. The Kier molecular flexibility index (Phi) is 6.89. The Balaban J connectivity index is 1.87. The molecule has 32 heavy (non-hydrogen) atoms. The van der Waals surface area contributed by atoms with E-state index in [9.17, 15) is 13.2 Å². The fraction of sp³-hybridized carbons (Fsp3) is 0.240. The van der Waals surface area contributed by atoms with Crippen LogP contribution in [0, 0.1) is 20.8 Å². The van der Waals surface area contributed by atoms with Gasteiger partial charge in [-0.25, -0.2) is 8.42 Å². The van der Waals surface area contributed by atoms with Crippen molar-refractivity contribution < 1.29 is 17.9 Å². The molecule has 0 fully saturated rings. The number of hydrogen-bond donors (Lipinski definition) is 2. The number of ether oxygens (including phenoxy) is 1. The van der Waals surface area contributed by atoms with Crippen molar-refractivity contribution >= 4 is 21.6 Å². The van der Waals surface area contributed by atoms with Gasteiger partial charge in [-0.15, -0.1) is 0 Å². The molecule has 3 rings (SSSR count). The Morgan fingerprint density at radius 3 is 2.34 bits per heavy atom. The number of sulfonamides is 1. The summed E-state index contributed by atoms with van der Waals surface area (Å²) in [6, 6.07) is 17.4. The molecule has 0 radical (unpaired) electrons. The maximum Gasteiger partial charge on any atom is 0.262 e. The lowest BCUT2D eigenvalue weighted by Crippen LogP contribution is -2.27. The van der Waals surface area contributed by atoms with Crippen LogP contribution in [0.5, 0.6) is 5.75 Å². The van der Waals surface area contributed by atoms with Crippen LogP contribution in [0.3, 0.4) is 0 Å². The first-order valence-corrected chi connectivity index (χ1v) is 11.7. The van der Waals surface area contributed by atoms with Gasteiger partial charge in [0, 0.05) is 11.1 Å². The number of anilines is 1. The van der Waals surface area contributed by atoms with Gasteiger partial charge in [0.15, 0.2) is 0 Å². The fourth-order valence-electron chi connectivity index (χ4n) is 3.46. The first-order chi connectivity index (χ1) is 15.1. The van der Waals surface area contributed by atoms with Gasteiger partial charge in [0.05, 0.1) is 23.7 Å². The molecule has 0 aromatic heterocycles. The van der Waals surface area contributed by atoms with Crippen LogP contribution in [-0.4, -0.2) is 21.4 Å². The SMILES string of the molecule is COc1ccccc1[C@@H](C)NC(=O)c1ccc(C)c(S(=O)(=O)Nc2cc(C)ccc2C)c1. The quantitative estimate of drug-likeness (QED) is 0.533. The van der Waals surface area contributed by atoms with E-state index in [0.29, 0.717) is 17.0 Å². The minimum atomic E-state index is -3.88. The van der Waals surface area contributed by atoms with Crippen LogP contribution >= 0.6 is 0 Å². The van der Waals surface area contributed by atoms with Gasteiger partial charge >= 0.3 is 0 Å². The molecule has 1 atom stereocenters. The van der Waals surface area contributed by atoms with Crippen LogP contribution in [0.2, 0.25) is 0 Å². The highest BCUT2D eigenvalue weighted by molar-refractivity contribution is 7.92. The normalized spacial score (nSPS) is 12.2. The molecule has 0 bridgehead atoms. The standard InChI is InChI=1S/C25H28N2O4S/c1-16-10-11-17(2)22(14-16)27-32(29,30)24-15-20(13-12-18(24)3)25(28)26-19(4)21-8-6-7-9-23(21)31-5/h6-15,19,27H,1-5H3,(H,26,28)/t19-/m1/s1. The fourth-order valence-corrected chi connectivity index (χ4v) is 4.85. The number of nitrogens with one attached hydrogen (secondary N) is 2. The molecule has 0 unspecified atom stereocenters. The van der Waals surface area contributed by atoms with Crippen molar-refractivity contribution in [2.75, 3.05) is 11.8 Å². The minimum absolute atomic E-state index is 0.0657. The van der Waals surface area contributed by atoms with E-state index in [4.69, 9.17) is 4.74 Å². The summed E-state index contributed by atoms with van der Waals surface area (Å²) in [5, 5.41) is 2.92. The number of hydrogen-bond acceptors (Lipinski definition) is 4. The van der Waals surface area contributed by atoms with Gasteiger partial charge in [-0.1, -0.05) is 36.4 Å². The average Bonchev–Trinajstić information content (AvgIpc) is 2.76. The van der Waals surface area contributed by atoms with Gasteiger partial charge < -0.3 is 10.1 Å². The van der Waals surface area contributed by atoms with Crippen molar-refractivity contribution in [2.24, 2.45) is 0 Å². The molecule has 2 N–H and O–H groups in total. The molecule has 3 aromatic carbocycles. The van der Waals surface area contributed by atoms with Crippen LogP contribution in [0.15, 0.2) is 65.6 Å². The largest absolute Gasteiger partial charge is 0.496 e. The second kappa shape index (κ2) is 9.44. The number of para-hydroxylation sites is 1. The van der Waals surface area contributed by atoms with Gasteiger partial charge in [0.25, 0.3) is 15.9 Å². The Morgan fingerprint density at radius 1 is 0.938 bits per heavy atom. The van der Waals surface area contributed by atoms with E-state index in [-0.39, 0.29) is 22.4 Å². The molecule has 3 aromatic rings. The summed E-state index contributed by atoms with van der Waals surface area (Å²) in [7, 11) is -2.30. The van der Waals surface area contributed by atoms with Gasteiger partial charge in [-0.3, -0.25) is 9.52 Å². The highest BCUT2D eigenvalue weighted by Gasteiger charge is 2.21. The Bertz CT molecular complexity index is 1250. The molecule has 168 valence electrons. The molecule has 0 saturated carbocycles. The van der Waals surface area contributed by atoms with Crippen LogP contribution < -0.4 is 14.8 Å². The summed E-state index contributed by atoms with van der Waals surface area (Å²) < 4.78 is 34.3. The molecule has 0 aliphatic rings. The summed E-state index contributed by atoms with van der Waals surface area (Å²) in [6.45, 7) is 7.30. The molecular formula is C25H28N2O4S. The number of rotatable bonds is 7. The number of carbonyl (C=O) groups is 1. The van der Waals surface area contributed by atoms with Crippen LogP contribution in [0.4, 0.5) is 5.69 Å². The maximum atomic E-state index is 13.1. The van der Waals surface area contributed by atoms with Gasteiger partial charge in [0.1, 0.15) is 5.75 Å². The van der Waals surface area contributed by atoms with E-state index in [0.717, 1.165) is 16.7 Å². The van der Waals surface area contributed by atoms with Crippen LogP contribution in [0.1, 0.15) is 45.6 Å². The lowest BCUT2D eigenvalue weighted by atomic mass is 10.1. The van der Waals surface area contributed by atoms with E-state index >= 15 is 0 Å². The van der Waals surface area contributed by atoms with Crippen molar-refractivity contribution in [3.8, 4) is 5.75 Å². The second-order valence-corrected chi connectivity index (χ2v) is 9.49. The summed E-state index contributed by atoms with van der Waals surface area (Å²) in [5.41, 5.74) is 3.93. The van der Waals surface area contributed by atoms with E-state index in [1.54, 1.807) is 32.2 Å². The maximum absolute atomic E-state index is 13.1. The van der Waals surface area contributed by atoms with Gasteiger partial charge in [-0.05, 0) is 68.7 Å². The van der Waals surface area contributed by atoms with E-state index < -0.39 is 10.0 Å². The zero-order chi connectivity index (χ0) is 23.5. The van der Waals surface area contributed by atoms with Crippen molar-refractivity contribution in [1.29, 1.82) is 0 Å². The molecule has 0 aliphatic carbocycles. The smallest absolute Gasteiger partial charge is 0.262 e. The van der Waals surface area contributed by atoms with Crippen molar-refractivity contribution in [3.05, 3.63) is 88.5 Å². The Hall–Kier alpha value is -3.32. The zero-order valence-corrected chi connectivity index (χ0v) is 19.7. The van der Waals surface area contributed by atoms with Crippen LogP contribution in [-0.2, 0) is 10.0 Å². The third kappa shape index (κ3) is 5.11. The third-order valence-electron chi connectivity index (χ3n) is 5.33. The number of benzene rings is 3. The number of carbonyl (C=O) groups excluding carboxylic acids is 1. The summed E-state index contributed by atoms with van der Waals surface area (Å²) in [5.74, 6) is 0.303. The molecule has 6 nitrogen and oxygen atoms in total. The summed E-state index contributed by atoms with van der Waals surface area (Å²) >= 11 is 0. The van der Waals surface area contributed by atoms with Crippen molar-refractivity contribution in [2.45, 2.75) is 38.6 Å². The predicted octanol–water partition coefficient (Wildman–Crippen LogP) is 4.91. The Morgan fingerprint density at radius 2 is 1.62 bits per heavy atom. The van der Waals surface area contributed by atoms with E-state index in [1.807, 2.05) is 57.2 Å². The number of amides is 1. The molecular weight excluding hydrogens is 424 g/mol. The predicted molar refractivity (Wildman–Crippen MR) is 127 cm³/mol. The molecule has 0 heterocycles. The third-order valence-corrected chi connectivity index (χ3v) is 6.84. The minimum Gasteiger partial charge on any atom is -0.496 e. The second-order valence-electron chi connectivity index (χ2n) is 7.84. The number of methoxy groups -OCH3 is 1. The monoisotopic (exact) mass is 452 g/mol. The lowest BCUT2D eigenvalue weighted by Gasteiger charge is -2.18. The highest BCUT2D eigenvalue weighted by atomic mass is 32.2. The molecule has 1 amide bonds. The molecule has 0 spiro atoms. The van der Waals surface area contributed by atoms with Crippen LogP contribution in [0.25, 0.3) is 0 Å². The molecule has 0 saturated heterocycles. The van der Waals surface area contributed by atoms with Gasteiger partial charge in [0.2, 0.25) is 0 Å². The van der Waals surface area contributed by atoms with Crippen molar-refractivity contribution in [3.63, 3.8) is 0 Å².